The standard InChI is InChI=1S/C20H22ClN3OS2.ClH/c1-3-23(4-2)11-12-24(19(25)10-8-16-6-5-13-26-16)20-22-17-9-7-15(21)14-18(17)27-20;/h5-10,13-14H,3-4,11-12H2,1-2H3;1H. The zero-order chi connectivity index (χ0) is 19.2. The van der Waals surface area contributed by atoms with E-state index in [2.05, 4.69) is 23.7 Å². The summed E-state index contributed by atoms with van der Waals surface area (Å²) in [4.78, 5) is 22.7. The Labute approximate surface area is 184 Å². The molecule has 1 amide bonds. The minimum absolute atomic E-state index is 0. The van der Waals surface area contributed by atoms with E-state index >= 15 is 0 Å². The third-order valence-electron chi connectivity index (χ3n) is 4.30. The highest BCUT2D eigenvalue weighted by Crippen LogP contribution is 2.31. The zero-order valence-electron chi connectivity index (χ0n) is 15.8. The third-order valence-corrected chi connectivity index (χ3v) is 6.42. The lowest BCUT2D eigenvalue weighted by atomic mass is 10.3. The zero-order valence-corrected chi connectivity index (χ0v) is 19.0. The first-order valence-corrected chi connectivity index (χ1v) is 11.0. The van der Waals surface area contributed by atoms with Crippen molar-refractivity contribution in [2.45, 2.75) is 13.8 Å². The average molecular weight is 456 g/mol. The average Bonchev–Trinajstić information content (AvgIpc) is 3.32. The van der Waals surface area contributed by atoms with E-state index in [0.29, 0.717) is 16.7 Å². The lowest BCUT2D eigenvalue weighted by molar-refractivity contribution is -0.114. The van der Waals surface area contributed by atoms with Crippen LogP contribution in [0, 0.1) is 0 Å². The molecule has 2 aromatic heterocycles. The summed E-state index contributed by atoms with van der Waals surface area (Å²) in [5.74, 6) is -0.0549. The molecule has 2 heterocycles. The Morgan fingerprint density at radius 2 is 2.00 bits per heavy atom. The van der Waals surface area contributed by atoms with Crippen LogP contribution in [0.1, 0.15) is 18.7 Å². The minimum Gasteiger partial charge on any atom is -0.302 e. The van der Waals surface area contributed by atoms with E-state index in [0.717, 1.165) is 34.7 Å². The second kappa shape index (κ2) is 10.9. The fourth-order valence-corrected chi connectivity index (χ4v) is 4.60. The van der Waals surface area contributed by atoms with E-state index < -0.39 is 0 Å². The maximum Gasteiger partial charge on any atom is 0.252 e. The van der Waals surface area contributed by atoms with Crippen molar-refractivity contribution in [1.82, 2.24) is 9.88 Å². The van der Waals surface area contributed by atoms with Gasteiger partial charge in [-0.05, 0) is 48.8 Å². The van der Waals surface area contributed by atoms with Gasteiger partial charge in [0, 0.05) is 29.1 Å². The van der Waals surface area contributed by atoms with E-state index in [1.165, 1.54) is 11.3 Å². The fraction of sp³-hybridized carbons (Fsp3) is 0.300. The van der Waals surface area contributed by atoms with Gasteiger partial charge in [0.05, 0.1) is 10.2 Å². The van der Waals surface area contributed by atoms with E-state index in [-0.39, 0.29) is 18.3 Å². The fourth-order valence-electron chi connectivity index (χ4n) is 2.71. The molecule has 3 rings (SSSR count). The Morgan fingerprint density at radius 3 is 2.68 bits per heavy atom. The molecule has 28 heavy (non-hydrogen) atoms. The van der Waals surface area contributed by atoms with Crippen LogP contribution in [0.3, 0.4) is 0 Å². The van der Waals surface area contributed by atoms with Gasteiger partial charge in [0.2, 0.25) is 0 Å². The number of thiazole rings is 1. The molecule has 0 saturated heterocycles. The molecule has 0 aliphatic carbocycles. The van der Waals surface area contributed by atoms with Gasteiger partial charge in [-0.3, -0.25) is 9.69 Å². The summed E-state index contributed by atoms with van der Waals surface area (Å²) in [6.07, 6.45) is 3.49. The van der Waals surface area contributed by atoms with Gasteiger partial charge in [0.1, 0.15) is 0 Å². The first-order valence-electron chi connectivity index (χ1n) is 8.92. The maximum absolute atomic E-state index is 12.9. The summed E-state index contributed by atoms with van der Waals surface area (Å²) in [7, 11) is 0. The summed E-state index contributed by atoms with van der Waals surface area (Å²) < 4.78 is 0.986. The summed E-state index contributed by atoms with van der Waals surface area (Å²) >= 11 is 9.21. The number of fused-ring (bicyclic) bond motifs is 1. The second-order valence-corrected chi connectivity index (χ2v) is 8.40. The topological polar surface area (TPSA) is 36.4 Å². The maximum atomic E-state index is 12.9. The largest absolute Gasteiger partial charge is 0.302 e. The van der Waals surface area contributed by atoms with Crippen molar-refractivity contribution in [3.05, 3.63) is 51.7 Å². The highest BCUT2D eigenvalue weighted by molar-refractivity contribution is 7.22. The number of benzene rings is 1. The Balaban J connectivity index is 0.00000280. The number of hydrogen-bond acceptors (Lipinski definition) is 5. The molecule has 0 saturated carbocycles. The molecule has 0 atom stereocenters. The molecule has 0 fully saturated rings. The number of hydrogen-bond donors (Lipinski definition) is 0. The Kier molecular flexibility index (Phi) is 8.92. The van der Waals surface area contributed by atoms with Crippen molar-refractivity contribution in [2.75, 3.05) is 31.1 Å². The molecular weight excluding hydrogens is 433 g/mol. The van der Waals surface area contributed by atoms with Gasteiger partial charge in [0.15, 0.2) is 5.13 Å². The molecular formula is C20H23Cl2N3OS2. The van der Waals surface area contributed by atoms with Crippen LogP contribution < -0.4 is 4.90 Å². The molecule has 0 aliphatic heterocycles. The number of carbonyl (C=O) groups excluding carboxylic acids is 1. The number of anilines is 1. The molecule has 0 radical (unpaired) electrons. The predicted octanol–water partition coefficient (Wildman–Crippen LogP) is 5.82. The molecule has 0 spiro atoms. The van der Waals surface area contributed by atoms with Crippen LogP contribution in [-0.2, 0) is 4.79 Å². The van der Waals surface area contributed by atoms with E-state index in [4.69, 9.17) is 11.6 Å². The van der Waals surface area contributed by atoms with Gasteiger partial charge in [0.25, 0.3) is 5.91 Å². The normalized spacial score (nSPS) is 11.3. The number of aromatic nitrogens is 1. The Bertz CT molecular complexity index is 921. The number of amides is 1. The predicted molar refractivity (Wildman–Crippen MR) is 125 cm³/mol. The van der Waals surface area contributed by atoms with Crippen molar-refractivity contribution in [2.24, 2.45) is 0 Å². The van der Waals surface area contributed by atoms with Crippen molar-refractivity contribution in [1.29, 1.82) is 0 Å². The quantitative estimate of drug-likeness (QED) is 0.401. The number of carbonyl (C=O) groups is 1. The van der Waals surface area contributed by atoms with E-state index in [1.54, 1.807) is 22.3 Å². The molecule has 0 unspecified atom stereocenters. The van der Waals surface area contributed by atoms with Crippen LogP contribution in [0.25, 0.3) is 16.3 Å². The summed E-state index contributed by atoms with van der Waals surface area (Å²) in [5.41, 5.74) is 0.863. The Morgan fingerprint density at radius 1 is 1.21 bits per heavy atom. The number of likely N-dealkylation sites (N-methyl/N-ethyl adjacent to an activating group) is 1. The first kappa shape index (κ1) is 22.8. The summed E-state index contributed by atoms with van der Waals surface area (Å²) in [6.45, 7) is 7.58. The summed E-state index contributed by atoms with van der Waals surface area (Å²) in [5, 5.41) is 3.39. The molecule has 150 valence electrons. The van der Waals surface area contributed by atoms with Crippen LogP contribution in [-0.4, -0.2) is 42.0 Å². The lowest BCUT2D eigenvalue weighted by Crippen LogP contribution is -2.38. The van der Waals surface area contributed by atoms with Crippen molar-refractivity contribution in [3.63, 3.8) is 0 Å². The lowest BCUT2D eigenvalue weighted by Gasteiger charge is -2.23. The van der Waals surface area contributed by atoms with Crippen LogP contribution in [0.15, 0.2) is 41.8 Å². The number of rotatable bonds is 8. The third kappa shape index (κ3) is 5.78. The monoisotopic (exact) mass is 455 g/mol. The number of nitrogens with zero attached hydrogens (tertiary/aromatic N) is 3. The van der Waals surface area contributed by atoms with Crippen LogP contribution in [0.4, 0.5) is 5.13 Å². The summed E-state index contributed by atoms with van der Waals surface area (Å²) in [6, 6.07) is 9.59. The van der Waals surface area contributed by atoms with Gasteiger partial charge in [-0.15, -0.1) is 23.7 Å². The molecule has 0 bridgehead atoms. The molecule has 0 aliphatic rings. The highest BCUT2D eigenvalue weighted by Gasteiger charge is 2.18. The Hall–Kier alpha value is -1.44. The van der Waals surface area contributed by atoms with Crippen LogP contribution in [0.2, 0.25) is 5.02 Å². The SMILES string of the molecule is CCN(CC)CCN(C(=O)C=Cc1cccs1)c1nc2ccc(Cl)cc2s1.Cl. The minimum atomic E-state index is -0.0549. The van der Waals surface area contributed by atoms with Gasteiger partial charge in [-0.2, -0.15) is 0 Å². The van der Waals surface area contributed by atoms with Gasteiger partial charge in [-0.25, -0.2) is 4.98 Å². The van der Waals surface area contributed by atoms with Gasteiger partial charge < -0.3 is 4.90 Å². The van der Waals surface area contributed by atoms with E-state index in [9.17, 15) is 4.79 Å². The van der Waals surface area contributed by atoms with Crippen molar-refractivity contribution >= 4 is 74.0 Å². The molecule has 0 N–H and O–H groups in total. The molecule has 3 aromatic rings. The number of halogens is 2. The van der Waals surface area contributed by atoms with Crippen molar-refractivity contribution < 1.29 is 4.79 Å². The van der Waals surface area contributed by atoms with Crippen LogP contribution in [0.5, 0.6) is 0 Å². The van der Waals surface area contributed by atoms with Crippen molar-refractivity contribution in [3.8, 4) is 0 Å². The first-order chi connectivity index (χ1) is 13.1. The number of thiophene rings is 1. The molecule has 1 aromatic carbocycles. The molecule has 8 heteroatoms. The van der Waals surface area contributed by atoms with Gasteiger partial charge >= 0.3 is 0 Å². The highest BCUT2D eigenvalue weighted by atomic mass is 35.5. The van der Waals surface area contributed by atoms with Gasteiger partial charge in [-0.1, -0.05) is 42.9 Å². The smallest absolute Gasteiger partial charge is 0.252 e. The van der Waals surface area contributed by atoms with E-state index in [1.807, 2.05) is 41.8 Å². The molecule has 4 nitrogen and oxygen atoms in total. The van der Waals surface area contributed by atoms with Crippen LogP contribution >= 0.6 is 46.7 Å². The second-order valence-electron chi connectivity index (χ2n) is 5.97.